The van der Waals surface area contributed by atoms with Gasteiger partial charge in [0.1, 0.15) is 11.6 Å². The number of hydrogen-bond donors (Lipinski definition) is 2. The largest absolute Gasteiger partial charge is 0.399 e. The highest BCUT2D eigenvalue weighted by atomic mass is 32.2. The summed E-state index contributed by atoms with van der Waals surface area (Å²) in [7, 11) is 0.159. The minimum absolute atomic E-state index is 0.0104. The third-order valence-corrected chi connectivity index (χ3v) is 3.28. The van der Waals surface area contributed by atoms with Gasteiger partial charge in [-0.05, 0) is 18.2 Å². The number of nitrogens with two attached hydrogens (primary N) is 1. The van der Waals surface area contributed by atoms with Gasteiger partial charge < -0.3 is 15.8 Å². The van der Waals surface area contributed by atoms with Gasteiger partial charge in [0.2, 0.25) is 5.91 Å². The molecule has 1 unspecified atom stereocenters. The second-order valence-corrected chi connectivity index (χ2v) is 5.15. The lowest BCUT2D eigenvalue weighted by molar-refractivity contribution is -0.113. The van der Waals surface area contributed by atoms with Crippen LogP contribution < -0.4 is 11.1 Å². The van der Waals surface area contributed by atoms with Crippen LogP contribution in [0.3, 0.4) is 0 Å². The standard InChI is InChI=1S/C11H15FN2O3S/c1-17-4-5-18(16)7-11(15)14-10-6-8(13)2-3-9(10)12/h2-3,6H,4-5,7,13H2,1H3,(H,14,15). The number of anilines is 2. The van der Waals surface area contributed by atoms with Crippen LogP contribution in [0.15, 0.2) is 18.2 Å². The first-order valence-electron chi connectivity index (χ1n) is 5.21. The zero-order valence-corrected chi connectivity index (χ0v) is 10.8. The highest BCUT2D eigenvalue weighted by Gasteiger charge is 2.10. The van der Waals surface area contributed by atoms with E-state index in [0.29, 0.717) is 12.3 Å². The lowest BCUT2D eigenvalue weighted by atomic mass is 10.2. The number of methoxy groups -OCH3 is 1. The highest BCUT2D eigenvalue weighted by Crippen LogP contribution is 2.17. The van der Waals surface area contributed by atoms with Crippen LogP contribution in [0.5, 0.6) is 0 Å². The van der Waals surface area contributed by atoms with Gasteiger partial charge in [-0.1, -0.05) is 0 Å². The normalized spacial score (nSPS) is 12.1. The lowest BCUT2D eigenvalue weighted by Gasteiger charge is -2.07. The van der Waals surface area contributed by atoms with E-state index < -0.39 is 22.5 Å². The van der Waals surface area contributed by atoms with Gasteiger partial charge in [0, 0.05) is 29.3 Å². The first-order valence-corrected chi connectivity index (χ1v) is 6.70. The molecule has 1 rings (SSSR count). The van der Waals surface area contributed by atoms with Crippen LogP contribution in [0.2, 0.25) is 0 Å². The number of hydrogen-bond acceptors (Lipinski definition) is 4. The third kappa shape index (κ3) is 4.80. The summed E-state index contributed by atoms with van der Waals surface area (Å²) in [5.41, 5.74) is 5.81. The van der Waals surface area contributed by atoms with E-state index in [2.05, 4.69) is 5.32 Å². The Bertz CT molecular complexity index is 454. The van der Waals surface area contributed by atoms with E-state index in [1.165, 1.54) is 19.2 Å². The summed E-state index contributed by atoms with van der Waals surface area (Å²) in [6.07, 6.45) is 0. The van der Waals surface area contributed by atoms with Gasteiger partial charge in [0.15, 0.2) is 0 Å². The molecule has 18 heavy (non-hydrogen) atoms. The van der Waals surface area contributed by atoms with Crippen LogP contribution in [0, 0.1) is 5.82 Å². The van der Waals surface area contributed by atoms with Crippen molar-refractivity contribution in [2.45, 2.75) is 0 Å². The fourth-order valence-corrected chi connectivity index (χ4v) is 2.08. The topological polar surface area (TPSA) is 81.4 Å². The Kier molecular flexibility index (Phi) is 5.73. The highest BCUT2D eigenvalue weighted by molar-refractivity contribution is 7.85. The van der Waals surface area contributed by atoms with E-state index >= 15 is 0 Å². The van der Waals surface area contributed by atoms with Crippen molar-refractivity contribution in [1.29, 1.82) is 0 Å². The minimum atomic E-state index is -1.33. The molecule has 0 spiro atoms. The molecule has 5 nitrogen and oxygen atoms in total. The molecule has 0 heterocycles. The smallest absolute Gasteiger partial charge is 0.237 e. The van der Waals surface area contributed by atoms with Gasteiger partial charge in [-0.2, -0.15) is 0 Å². The van der Waals surface area contributed by atoms with E-state index in [-0.39, 0.29) is 17.2 Å². The Morgan fingerprint density at radius 3 is 2.94 bits per heavy atom. The SMILES string of the molecule is COCCS(=O)CC(=O)Nc1cc(N)ccc1F. The summed E-state index contributed by atoms with van der Waals surface area (Å²) in [6, 6.07) is 3.86. The molecule has 0 aromatic heterocycles. The van der Waals surface area contributed by atoms with Gasteiger partial charge in [0.25, 0.3) is 0 Å². The first-order chi connectivity index (χ1) is 8.52. The molecule has 0 aliphatic heterocycles. The quantitative estimate of drug-likeness (QED) is 0.750. The van der Waals surface area contributed by atoms with Crippen molar-refractivity contribution in [3.63, 3.8) is 0 Å². The molecule has 100 valence electrons. The zero-order valence-electron chi connectivity index (χ0n) is 9.94. The number of nitrogens with one attached hydrogen (secondary N) is 1. The van der Waals surface area contributed by atoms with Gasteiger partial charge in [-0.3, -0.25) is 9.00 Å². The Balaban J connectivity index is 2.54. The Morgan fingerprint density at radius 1 is 1.56 bits per heavy atom. The molecule has 0 aliphatic rings. The van der Waals surface area contributed by atoms with Gasteiger partial charge in [-0.25, -0.2) is 4.39 Å². The van der Waals surface area contributed by atoms with E-state index in [1.54, 1.807) is 0 Å². The molecule has 0 saturated heterocycles. The van der Waals surface area contributed by atoms with Crippen LogP contribution in [0.25, 0.3) is 0 Å². The molecular formula is C11H15FN2O3S. The summed E-state index contributed by atoms with van der Waals surface area (Å²) in [6.45, 7) is 0.312. The maximum Gasteiger partial charge on any atom is 0.237 e. The molecule has 7 heteroatoms. The van der Waals surface area contributed by atoms with Crippen LogP contribution in [-0.4, -0.2) is 35.3 Å². The monoisotopic (exact) mass is 274 g/mol. The van der Waals surface area contributed by atoms with E-state index in [1.807, 2.05) is 0 Å². The predicted molar refractivity (Wildman–Crippen MR) is 69.2 cm³/mol. The van der Waals surface area contributed by atoms with E-state index in [0.717, 1.165) is 6.07 Å². The number of amides is 1. The van der Waals surface area contributed by atoms with Crippen LogP contribution >= 0.6 is 0 Å². The number of carbonyl (C=O) groups is 1. The number of ether oxygens (including phenoxy) is 1. The van der Waals surface area contributed by atoms with Gasteiger partial charge in [-0.15, -0.1) is 0 Å². The number of nitrogen functional groups attached to an aromatic ring is 1. The Morgan fingerprint density at radius 2 is 2.28 bits per heavy atom. The second kappa shape index (κ2) is 7.07. The van der Waals surface area contributed by atoms with Crippen molar-refractivity contribution in [3.05, 3.63) is 24.0 Å². The molecule has 1 atom stereocenters. The fraction of sp³-hybridized carbons (Fsp3) is 0.364. The van der Waals surface area contributed by atoms with Crippen LogP contribution in [0.4, 0.5) is 15.8 Å². The molecule has 0 radical (unpaired) electrons. The average molecular weight is 274 g/mol. The van der Waals surface area contributed by atoms with Crippen molar-refractivity contribution in [3.8, 4) is 0 Å². The minimum Gasteiger partial charge on any atom is -0.399 e. The Labute approximate surface area is 107 Å². The van der Waals surface area contributed by atoms with Crippen molar-refractivity contribution >= 4 is 28.1 Å². The molecule has 0 aliphatic carbocycles. The van der Waals surface area contributed by atoms with Crippen molar-refractivity contribution < 1.29 is 18.1 Å². The molecule has 3 N–H and O–H groups in total. The van der Waals surface area contributed by atoms with Crippen LogP contribution in [-0.2, 0) is 20.3 Å². The summed E-state index contributed by atoms with van der Waals surface area (Å²) in [5, 5.41) is 2.33. The second-order valence-electron chi connectivity index (χ2n) is 3.57. The van der Waals surface area contributed by atoms with Crippen molar-refractivity contribution in [2.24, 2.45) is 0 Å². The molecular weight excluding hydrogens is 259 g/mol. The van der Waals surface area contributed by atoms with Gasteiger partial charge in [0.05, 0.1) is 12.3 Å². The molecule has 0 saturated carbocycles. The zero-order chi connectivity index (χ0) is 13.5. The number of halogens is 1. The maximum atomic E-state index is 13.3. The van der Waals surface area contributed by atoms with Crippen molar-refractivity contribution in [2.75, 3.05) is 36.3 Å². The maximum absolute atomic E-state index is 13.3. The number of carbonyl (C=O) groups excluding carboxylic acids is 1. The van der Waals surface area contributed by atoms with Crippen LogP contribution in [0.1, 0.15) is 0 Å². The average Bonchev–Trinajstić information content (AvgIpc) is 2.31. The van der Waals surface area contributed by atoms with E-state index in [4.69, 9.17) is 10.5 Å². The van der Waals surface area contributed by atoms with E-state index in [9.17, 15) is 13.4 Å². The summed E-state index contributed by atoms with van der Waals surface area (Å²) in [4.78, 5) is 11.5. The third-order valence-electron chi connectivity index (χ3n) is 2.07. The molecule has 0 bridgehead atoms. The fourth-order valence-electron chi connectivity index (χ4n) is 1.22. The summed E-state index contributed by atoms with van der Waals surface area (Å²) < 4.78 is 29.5. The molecule has 0 fully saturated rings. The number of benzene rings is 1. The summed E-state index contributed by atoms with van der Waals surface area (Å²) >= 11 is 0. The van der Waals surface area contributed by atoms with Gasteiger partial charge >= 0.3 is 0 Å². The number of rotatable bonds is 6. The molecule has 1 aromatic carbocycles. The lowest BCUT2D eigenvalue weighted by Crippen LogP contribution is -2.22. The molecule has 1 amide bonds. The predicted octanol–water partition coefficient (Wildman–Crippen LogP) is 0.741. The molecule has 1 aromatic rings. The Hall–Kier alpha value is -1.47. The summed E-state index contributed by atoms with van der Waals surface area (Å²) in [5.74, 6) is -1.03. The van der Waals surface area contributed by atoms with Crippen molar-refractivity contribution in [1.82, 2.24) is 0 Å². The first kappa shape index (κ1) is 14.6.